The van der Waals surface area contributed by atoms with E-state index in [9.17, 15) is 0 Å². The molecule has 0 aliphatic carbocycles. The molecule has 0 aliphatic heterocycles. The smallest absolute Gasteiger partial charge is 0.137 e. The summed E-state index contributed by atoms with van der Waals surface area (Å²) in [6.45, 7) is 0.607. The van der Waals surface area contributed by atoms with Crippen molar-refractivity contribution in [2.75, 3.05) is 0 Å². The summed E-state index contributed by atoms with van der Waals surface area (Å²) >= 11 is 13.6. The number of halogens is 2. The second-order valence-electron chi connectivity index (χ2n) is 3.84. The minimum Gasteiger partial charge on any atom is -0.246 e. The molecule has 0 N–H and O–H groups in total. The van der Waals surface area contributed by atoms with Gasteiger partial charge in [0.25, 0.3) is 0 Å². The van der Waals surface area contributed by atoms with E-state index in [0.29, 0.717) is 16.6 Å². The summed E-state index contributed by atoms with van der Waals surface area (Å²) in [6, 6.07) is 5.40. The number of rotatable bonds is 3. The van der Waals surface area contributed by atoms with Crippen LogP contribution in [0.2, 0.25) is 10.0 Å². The maximum absolute atomic E-state index is 6.17. The van der Waals surface area contributed by atoms with Gasteiger partial charge in [-0.2, -0.15) is 5.10 Å². The molecule has 0 fully saturated rings. The molecule has 0 unspecified atom stereocenters. The fourth-order valence-corrected chi connectivity index (χ4v) is 2.95. The minimum atomic E-state index is 0.602. The molecule has 2 heterocycles. The highest BCUT2D eigenvalue weighted by Crippen LogP contribution is 2.31. The molecule has 0 bridgehead atoms. The summed E-state index contributed by atoms with van der Waals surface area (Å²) in [5.74, 6) is 0. The van der Waals surface area contributed by atoms with Crippen molar-refractivity contribution in [3.8, 4) is 11.3 Å². The second-order valence-corrected chi connectivity index (χ2v) is 5.63. The maximum atomic E-state index is 6.17. The quantitative estimate of drug-likeness (QED) is 0.740. The van der Waals surface area contributed by atoms with Crippen LogP contribution >= 0.6 is 34.5 Å². The van der Waals surface area contributed by atoms with Gasteiger partial charge in [0.2, 0.25) is 0 Å². The molecular formula is C12H8Cl2N4S. The standard InChI is InChI=1S/C12H8Cl2N4S/c13-8-1-2-9(10(14)3-8)11-5-19-12(17-11)4-18-7-15-6-16-18/h1-3,5-7H,4H2. The summed E-state index contributed by atoms with van der Waals surface area (Å²) in [5.41, 5.74) is 1.73. The highest BCUT2D eigenvalue weighted by atomic mass is 35.5. The lowest BCUT2D eigenvalue weighted by molar-refractivity contribution is 0.682. The van der Waals surface area contributed by atoms with Crippen LogP contribution in [0.15, 0.2) is 36.2 Å². The number of hydrogen-bond donors (Lipinski definition) is 0. The van der Waals surface area contributed by atoms with Crippen LogP contribution in [0.3, 0.4) is 0 Å². The lowest BCUT2D eigenvalue weighted by atomic mass is 10.2. The Kier molecular flexibility index (Phi) is 3.50. The molecule has 0 saturated heterocycles. The Morgan fingerprint density at radius 2 is 2.16 bits per heavy atom. The summed E-state index contributed by atoms with van der Waals surface area (Å²) in [5, 5.41) is 8.19. The summed E-state index contributed by atoms with van der Waals surface area (Å²) < 4.78 is 1.73. The van der Waals surface area contributed by atoms with Gasteiger partial charge in [0.1, 0.15) is 17.7 Å². The van der Waals surface area contributed by atoms with Gasteiger partial charge in [0.15, 0.2) is 0 Å². The van der Waals surface area contributed by atoms with E-state index in [4.69, 9.17) is 23.2 Å². The average molecular weight is 311 g/mol. The van der Waals surface area contributed by atoms with Crippen molar-refractivity contribution in [2.24, 2.45) is 0 Å². The first-order chi connectivity index (χ1) is 9.22. The van der Waals surface area contributed by atoms with Crippen LogP contribution in [0.4, 0.5) is 0 Å². The molecule has 0 spiro atoms. The monoisotopic (exact) mass is 310 g/mol. The average Bonchev–Trinajstić information content (AvgIpc) is 3.01. The van der Waals surface area contributed by atoms with E-state index in [-0.39, 0.29) is 0 Å². The van der Waals surface area contributed by atoms with E-state index >= 15 is 0 Å². The molecule has 96 valence electrons. The molecule has 0 saturated carbocycles. The Morgan fingerprint density at radius 3 is 2.89 bits per heavy atom. The zero-order valence-electron chi connectivity index (χ0n) is 9.62. The lowest BCUT2D eigenvalue weighted by Crippen LogP contribution is -1.99. The molecule has 1 aromatic carbocycles. The summed E-state index contributed by atoms with van der Waals surface area (Å²) in [4.78, 5) is 8.45. The largest absolute Gasteiger partial charge is 0.246 e. The Hall–Kier alpha value is -1.43. The van der Waals surface area contributed by atoms with E-state index in [0.717, 1.165) is 16.3 Å². The summed E-state index contributed by atoms with van der Waals surface area (Å²) in [6.07, 6.45) is 3.17. The molecule has 0 atom stereocenters. The molecular weight excluding hydrogens is 303 g/mol. The highest BCUT2D eigenvalue weighted by Gasteiger charge is 2.09. The van der Waals surface area contributed by atoms with Gasteiger partial charge in [0, 0.05) is 16.0 Å². The Balaban J connectivity index is 1.88. The molecule has 2 aromatic heterocycles. The van der Waals surface area contributed by atoms with Crippen molar-refractivity contribution in [2.45, 2.75) is 6.54 Å². The third-order valence-electron chi connectivity index (χ3n) is 2.52. The topological polar surface area (TPSA) is 43.6 Å². The lowest BCUT2D eigenvalue weighted by Gasteiger charge is -2.01. The van der Waals surface area contributed by atoms with Gasteiger partial charge >= 0.3 is 0 Å². The molecule has 3 rings (SSSR count). The van der Waals surface area contributed by atoms with Crippen LogP contribution in [-0.4, -0.2) is 19.7 Å². The normalized spacial score (nSPS) is 10.8. The fraction of sp³-hybridized carbons (Fsp3) is 0.0833. The van der Waals surface area contributed by atoms with Crippen molar-refractivity contribution in [1.29, 1.82) is 0 Å². The van der Waals surface area contributed by atoms with Crippen LogP contribution in [0, 0.1) is 0 Å². The molecule has 0 amide bonds. The van der Waals surface area contributed by atoms with Crippen molar-refractivity contribution >= 4 is 34.5 Å². The molecule has 0 aliphatic rings. The highest BCUT2D eigenvalue weighted by molar-refractivity contribution is 7.09. The third kappa shape index (κ3) is 2.78. The number of aromatic nitrogens is 4. The number of benzene rings is 1. The van der Waals surface area contributed by atoms with Gasteiger partial charge < -0.3 is 0 Å². The SMILES string of the molecule is Clc1ccc(-c2csc(Cn3cncn3)n2)c(Cl)c1. The third-order valence-corrected chi connectivity index (χ3v) is 3.90. The Labute approximate surface area is 123 Å². The van der Waals surface area contributed by atoms with Crippen molar-refractivity contribution in [3.63, 3.8) is 0 Å². The molecule has 3 aromatic rings. The van der Waals surface area contributed by atoms with Crippen molar-refractivity contribution in [3.05, 3.63) is 51.3 Å². The van der Waals surface area contributed by atoms with E-state index < -0.39 is 0 Å². The maximum Gasteiger partial charge on any atom is 0.137 e. The molecule has 4 nitrogen and oxygen atoms in total. The van der Waals surface area contributed by atoms with Crippen LogP contribution in [0.1, 0.15) is 5.01 Å². The van der Waals surface area contributed by atoms with Gasteiger partial charge in [-0.3, -0.25) is 0 Å². The summed E-state index contributed by atoms with van der Waals surface area (Å²) in [7, 11) is 0. The predicted octanol–water partition coefficient (Wildman–Crippen LogP) is 3.76. The van der Waals surface area contributed by atoms with E-state index in [1.165, 1.54) is 6.33 Å². The minimum absolute atomic E-state index is 0.602. The van der Waals surface area contributed by atoms with E-state index in [1.54, 1.807) is 34.5 Å². The fourth-order valence-electron chi connectivity index (χ4n) is 1.66. The van der Waals surface area contributed by atoms with Crippen LogP contribution in [0.25, 0.3) is 11.3 Å². The first-order valence-corrected chi connectivity index (χ1v) is 7.08. The van der Waals surface area contributed by atoms with Gasteiger partial charge in [-0.25, -0.2) is 14.6 Å². The number of thiazole rings is 1. The zero-order valence-corrected chi connectivity index (χ0v) is 12.0. The molecule has 7 heteroatoms. The predicted molar refractivity (Wildman–Crippen MR) is 76.7 cm³/mol. The van der Waals surface area contributed by atoms with Crippen molar-refractivity contribution in [1.82, 2.24) is 19.7 Å². The van der Waals surface area contributed by atoms with Gasteiger partial charge in [-0.15, -0.1) is 11.3 Å². The van der Waals surface area contributed by atoms with Crippen LogP contribution in [0.5, 0.6) is 0 Å². The van der Waals surface area contributed by atoms with Gasteiger partial charge in [0.05, 0.1) is 17.3 Å². The number of hydrogen-bond acceptors (Lipinski definition) is 4. The van der Waals surface area contributed by atoms with E-state index in [1.807, 2.05) is 11.4 Å². The van der Waals surface area contributed by atoms with Gasteiger partial charge in [-0.05, 0) is 18.2 Å². The Bertz CT molecular complexity index is 694. The second kappa shape index (κ2) is 5.28. The van der Waals surface area contributed by atoms with E-state index in [2.05, 4.69) is 15.1 Å². The first kappa shape index (κ1) is 12.6. The van der Waals surface area contributed by atoms with Crippen LogP contribution in [-0.2, 0) is 6.54 Å². The first-order valence-electron chi connectivity index (χ1n) is 5.44. The zero-order chi connectivity index (χ0) is 13.2. The Morgan fingerprint density at radius 1 is 1.26 bits per heavy atom. The van der Waals surface area contributed by atoms with Crippen molar-refractivity contribution < 1.29 is 0 Å². The molecule has 19 heavy (non-hydrogen) atoms. The van der Waals surface area contributed by atoms with Gasteiger partial charge in [-0.1, -0.05) is 23.2 Å². The number of nitrogens with zero attached hydrogens (tertiary/aromatic N) is 4. The molecule has 0 radical (unpaired) electrons. The van der Waals surface area contributed by atoms with Crippen LogP contribution < -0.4 is 0 Å².